The van der Waals surface area contributed by atoms with Crippen molar-refractivity contribution in [3.05, 3.63) is 66.2 Å². The van der Waals surface area contributed by atoms with E-state index in [1.807, 2.05) is 67.6 Å². The van der Waals surface area contributed by atoms with Crippen molar-refractivity contribution in [2.75, 3.05) is 0 Å². The molecule has 0 amide bonds. The molecule has 2 N–H and O–H groups in total. The molecule has 0 radical (unpaired) electrons. The van der Waals surface area contributed by atoms with Gasteiger partial charge in [0.25, 0.3) is 0 Å². The van der Waals surface area contributed by atoms with Gasteiger partial charge in [-0.1, -0.05) is 60.2 Å². The van der Waals surface area contributed by atoms with E-state index in [0.717, 1.165) is 38.6 Å². The molecular formula is C19H15BO3. The maximum atomic E-state index is 9.54. The first kappa shape index (κ1) is 14.1. The second kappa shape index (κ2) is 5.27. The lowest BCUT2D eigenvalue weighted by atomic mass is 9.76. The minimum Gasteiger partial charge on any atom is -0.455 e. The Morgan fingerprint density at radius 1 is 0.870 bits per heavy atom. The highest BCUT2D eigenvalue weighted by atomic mass is 16.4. The lowest BCUT2D eigenvalue weighted by molar-refractivity contribution is 0.425. The first-order valence-electron chi connectivity index (χ1n) is 7.52. The Morgan fingerprint density at radius 2 is 1.65 bits per heavy atom. The molecule has 0 fully saturated rings. The normalized spacial score (nSPS) is 11.3. The second-order valence-electron chi connectivity index (χ2n) is 5.73. The van der Waals surface area contributed by atoms with Crippen molar-refractivity contribution in [1.82, 2.24) is 0 Å². The summed E-state index contributed by atoms with van der Waals surface area (Å²) in [6.07, 6.45) is 0. The van der Waals surface area contributed by atoms with Gasteiger partial charge in [0.15, 0.2) is 0 Å². The van der Waals surface area contributed by atoms with E-state index in [1.165, 1.54) is 0 Å². The van der Waals surface area contributed by atoms with Crippen LogP contribution in [-0.2, 0) is 0 Å². The van der Waals surface area contributed by atoms with Crippen molar-refractivity contribution < 1.29 is 14.5 Å². The molecule has 0 aliphatic heterocycles. The van der Waals surface area contributed by atoms with E-state index in [4.69, 9.17) is 4.42 Å². The monoisotopic (exact) mass is 302 g/mol. The molecule has 1 aromatic heterocycles. The van der Waals surface area contributed by atoms with Crippen molar-refractivity contribution in [2.45, 2.75) is 6.92 Å². The number of benzene rings is 3. The molecule has 23 heavy (non-hydrogen) atoms. The summed E-state index contributed by atoms with van der Waals surface area (Å²) in [7, 11) is -1.48. The van der Waals surface area contributed by atoms with Crippen molar-refractivity contribution in [2.24, 2.45) is 0 Å². The zero-order chi connectivity index (χ0) is 16.0. The Balaban J connectivity index is 2.01. The van der Waals surface area contributed by atoms with Crippen LogP contribution in [0, 0.1) is 6.92 Å². The van der Waals surface area contributed by atoms with Crippen LogP contribution in [0.2, 0.25) is 0 Å². The van der Waals surface area contributed by atoms with Crippen LogP contribution in [0.1, 0.15) is 5.56 Å². The maximum absolute atomic E-state index is 9.54. The Kier molecular flexibility index (Phi) is 3.22. The average molecular weight is 302 g/mol. The molecule has 0 aliphatic carbocycles. The van der Waals surface area contributed by atoms with Crippen LogP contribution in [0.15, 0.2) is 65.1 Å². The predicted molar refractivity (Wildman–Crippen MR) is 93.7 cm³/mol. The SMILES string of the molecule is Cc1ccc(-c2cccc3c2oc2ccccc23)cc1B(O)O. The lowest BCUT2D eigenvalue weighted by Crippen LogP contribution is -2.32. The third-order valence-corrected chi connectivity index (χ3v) is 4.27. The Bertz CT molecular complexity index is 1020. The van der Waals surface area contributed by atoms with Gasteiger partial charge in [-0.2, -0.15) is 0 Å². The third kappa shape index (κ3) is 2.24. The summed E-state index contributed by atoms with van der Waals surface area (Å²) in [5.41, 5.74) is 4.88. The minimum absolute atomic E-state index is 0.510. The van der Waals surface area contributed by atoms with E-state index >= 15 is 0 Å². The van der Waals surface area contributed by atoms with Gasteiger partial charge in [-0.3, -0.25) is 0 Å². The number of hydrogen-bond acceptors (Lipinski definition) is 3. The van der Waals surface area contributed by atoms with Gasteiger partial charge in [0.2, 0.25) is 0 Å². The van der Waals surface area contributed by atoms with Crippen LogP contribution in [-0.4, -0.2) is 17.2 Å². The van der Waals surface area contributed by atoms with Gasteiger partial charge in [-0.15, -0.1) is 0 Å². The molecule has 3 nitrogen and oxygen atoms in total. The van der Waals surface area contributed by atoms with Gasteiger partial charge in [0, 0.05) is 16.3 Å². The summed E-state index contributed by atoms with van der Waals surface area (Å²) in [4.78, 5) is 0. The summed E-state index contributed by atoms with van der Waals surface area (Å²) in [5.74, 6) is 0. The minimum atomic E-state index is -1.48. The number of furan rings is 1. The zero-order valence-corrected chi connectivity index (χ0v) is 12.7. The number of hydrogen-bond donors (Lipinski definition) is 2. The molecule has 1 heterocycles. The summed E-state index contributed by atoms with van der Waals surface area (Å²) >= 11 is 0. The largest absolute Gasteiger partial charge is 0.488 e. The number of aryl methyl sites for hydroxylation is 1. The van der Waals surface area contributed by atoms with E-state index < -0.39 is 7.12 Å². The van der Waals surface area contributed by atoms with Crippen LogP contribution in [0.3, 0.4) is 0 Å². The van der Waals surface area contributed by atoms with Crippen molar-refractivity contribution >= 4 is 34.5 Å². The van der Waals surface area contributed by atoms with E-state index in [2.05, 4.69) is 0 Å². The molecule has 4 heteroatoms. The number of fused-ring (bicyclic) bond motifs is 3. The van der Waals surface area contributed by atoms with Crippen LogP contribution >= 0.6 is 0 Å². The van der Waals surface area contributed by atoms with E-state index in [9.17, 15) is 10.0 Å². The van der Waals surface area contributed by atoms with E-state index in [-0.39, 0.29) is 0 Å². The predicted octanol–water partition coefficient (Wildman–Crippen LogP) is 3.24. The average Bonchev–Trinajstić information content (AvgIpc) is 2.94. The number of para-hydroxylation sites is 2. The standard InChI is InChI=1S/C19H15BO3/c1-12-9-10-13(11-17(12)20(21)22)14-6-4-7-16-15-5-2-3-8-18(15)23-19(14)16/h2-11,21-22H,1H3. The van der Waals surface area contributed by atoms with E-state index in [0.29, 0.717) is 5.46 Å². The Labute approximate surface area is 133 Å². The topological polar surface area (TPSA) is 53.6 Å². The highest BCUT2D eigenvalue weighted by Crippen LogP contribution is 2.35. The zero-order valence-electron chi connectivity index (χ0n) is 12.7. The summed E-state index contributed by atoms with van der Waals surface area (Å²) in [5, 5.41) is 21.2. The number of rotatable bonds is 2. The molecule has 3 aromatic carbocycles. The molecule has 0 saturated carbocycles. The lowest BCUT2D eigenvalue weighted by Gasteiger charge is -2.09. The fraction of sp³-hybridized carbons (Fsp3) is 0.0526. The molecule has 0 bridgehead atoms. The van der Waals surface area contributed by atoms with Gasteiger partial charge in [-0.25, -0.2) is 0 Å². The fourth-order valence-electron chi connectivity index (χ4n) is 3.06. The summed E-state index contributed by atoms with van der Waals surface area (Å²) in [6.45, 7) is 1.86. The van der Waals surface area contributed by atoms with Gasteiger partial charge in [0.05, 0.1) is 0 Å². The summed E-state index contributed by atoms with van der Waals surface area (Å²) in [6, 6.07) is 19.7. The smallest absolute Gasteiger partial charge is 0.455 e. The molecule has 0 aliphatic rings. The quantitative estimate of drug-likeness (QED) is 0.559. The van der Waals surface area contributed by atoms with Crippen molar-refractivity contribution in [3.63, 3.8) is 0 Å². The summed E-state index contributed by atoms with van der Waals surface area (Å²) < 4.78 is 6.04. The van der Waals surface area contributed by atoms with Gasteiger partial charge in [0.1, 0.15) is 11.2 Å². The van der Waals surface area contributed by atoms with Gasteiger partial charge in [-0.05, 0) is 24.0 Å². The molecule has 4 aromatic rings. The van der Waals surface area contributed by atoms with Crippen LogP contribution < -0.4 is 5.46 Å². The highest BCUT2D eigenvalue weighted by Gasteiger charge is 2.17. The molecule has 0 spiro atoms. The van der Waals surface area contributed by atoms with Crippen LogP contribution in [0.25, 0.3) is 33.1 Å². The van der Waals surface area contributed by atoms with Gasteiger partial charge >= 0.3 is 7.12 Å². The molecule has 0 atom stereocenters. The second-order valence-corrected chi connectivity index (χ2v) is 5.73. The van der Waals surface area contributed by atoms with Crippen molar-refractivity contribution in [1.29, 1.82) is 0 Å². The fourth-order valence-corrected chi connectivity index (χ4v) is 3.06. The molecular weight excluding hydrogens is 287 g/mol. The highest BCUT2D eigenvalue weighted by molar-refractivity contribution is 6.59. The maximum Gasteiger partial charge on any atom is 0.488 e. The van der Waals surface area contributed by atoms with Crippen LogP contribution in [0.5, 0.6) is 0 Å². The molecule has 0 saturated heterocycles. The Morgan fingerprint density at radius 3 is 2.48 bits per heavy atom. The molecule has 112 valence electrons. The Hall–Kier alpha value is -2.56. The van der Waals surface area contributed by atoms with Gasteiger partial charge < -0.3 is 14.5 Å². The third-order valence-electron chi connectivity index (χ3n) is 4.27. The van der Waals surface area contributed by atoms with E-state index in [1.54, 1.807) is 0 Å². The first-order valence-corrected chi connectivity index (χ1v) is 7.52. The molecule has 4 rings (SSSR count). The first-order chi connectivity index (χ1) is 11.1. The van der Waals surface area contributed by atoms with Crippen LogP contribution in [0.4, 0.5) is 0 Å². The molecule has 0 unspecified atom stereocenters. The van der Waals surface area contributed by atoms with Crippen molar-refractivity contribution in [3.8, 4) is 11.1 Å².